The van der Waals surface area contributed by atoms with Gasteiger partial charge in [0.05, 0.1) is 11.2 Å². The molecule has 0 aliphatic heterocycles. The van der Waals surface area contributed by atoms with Crippen LogP contribution in [0.4, 0.5) is 0 Å². The molecule has 1 atom stereocenters. The summed E-state index contributed by atoms with van der Waals surface area (Å²) >= 11 is 0. The fraction of sp³-hybridized carbons (Fsp3) is 0.357. The van der Waals surface area contributed by atoms with Crippen LogP contribution in [0.5, 0.6) is 0 Å². The summed E-state index contributed by atoms with van der Waals surface area (Å²) in [5.74, 6) is 0.850. The molecule has 3 heteroatoms. The number of aromatic nitrogens is 1. The first-order valence-corrected chi connectivity index (χ1v) is 5.94. The molecule has 17 heavy (non-hydrogen) atoms. The molecule has 0 unspecified atom stereocenters. The minimum absolute atomic E-state index is 0. The van der Waals surface area contributed by atoms with Crippen molar-refractivity contribution in [3.05, 3.63) is 42.1 Å². The number of nitrogens with two attached hydrogens (primary N) is 1. The van der Waals surface area contributed by atoms with E-state index in [2.05, 4.69) is 23.2 Å². The molecule has 0 spiro atoms. The van der Waals surface area contributed by atoms with Crippen LogP contribution in [-0.4, -0.2) is 4.98 Å². The van der Waals surface area contributed by atoms with Crippen molar-refractivity contribution in [1.29, 1.82) is 0 Å². The fourth-order valence-electron chi connectivity index (χ4n) is 2.12. The molecule has 0 radical (unpaired) electrons. The van der Waals surface area contributed by atoms with Crippen LogP contribution in [0.3, 0.4) is 0 Å². The second kappa shape index (κ2) is 5.03. The Morgan fingerprint density at radius 1 is 1.18 bits per heavy atom. The SMILES string of the molecule is Cl.N[C@H](CC1CC1)c1ccc2ccccc2n1. The monoisotopic (exact) mass is 248 g/mol. The number of nitrogens with zero attached hydrogens (tertiary/aromatic N) is 1. The summed E-state index contributed by atoms with van der Waals surface area (Å²) in [6, 6.07) is 12.5. The number of halogens is 1. The average Bonchev–Trinajstić information content (AvgIpc) is 3.12. The van der Waals surface area contributed by atoms with E-state index in [1.165, 1.54) is 18.2 Å². The van der Waals surface area contributed by atoms with E-state index in [0.29, 0.717) is 0 Å². The van der Waals surface area contributed by atoms with Crippen molar-refractivity contribution in [2.45, 2.75) is 25.3 Å². The van der Waals surface area contributed by atoms with Crippen molar-refractivity contribution in [2.24, 2.45) is 11.7 Å². The largest absolute Gasteiger partial charge is 0.323 e. The second-order valence-corrected chi connectivity index (χ2v) is 4.71. The van der Waals surface area contributed by atoms with Crippen LogP contribution >= 0.6 is 12.4 Å². The minimum Gasteiger partial charge on any atom is -0.323 e. The summed E-state index contributed by atoms with van der Waals surface area (Å²) < 4.78 is 0. The van der Waals surface area contributed by atoms with Crippen LogP contribution in [-0.2, 0) is 0 Å². The molecule has 1 heterocycles. The number of fused-ring (bicyclic) bond motifs is 1. The topological polar surface area (TPSA) is 38.9 Å². The highest BCUT2D eigenvalue weighted by atomic mass is 35.5. The summed E-state index contributed by atoms with van der Waals surface area (Å²) in [6.07, 6.45) is 3.79. The van der Waals surface area contributed by atoms with Crippen LogP contribution in [0.2, 0.25) is 0 Å². The van der Waals surface area contributed by atoms with Crippen LogP contribution in [0.25, 0.3) is 10.9 Å². The molecule has 0 bridgehead atoms. The zero-order valence-corrected chi connectivity index (χ0v) is 10.5. The third-order valence-electron chi connectivity index (χ3n) is 3.28. The Morgan fingerprint density at radius 2 is 1.94 bits per heavy atom. The molecule has 1 fully saturated rings. The van der Waals surface area contributed by atoms with Gasteiger partial charge in [-0.2, -0.15) is 0 Å². The Morgan fingerprint density at radius 3 is 2.71 bits per heavy atom. The number of benzene rings is 1. The molecule has 3 rings (SSSR count). The molecular weight excluding hydrogens is 232 g/mol. The molecule has 2 nitrogen and oxygen atoms in total. The molecule has 1 aliphatic carbocycles. The summed E-state index contributed by atoms with van der Waals surface area (Å²) in [4.78, 5) is 4.63. The number of pyridine rings is 1. The van der Waals surface area contributed by atoms with Gasteiger partial charge in [-0.1, -0.05) is 37.1 Å². The van der Waals surface area contributed by atoms with Gasteiger partial charge in [0.25, 0.3) is 0 Å². The summed E-state index contributed by atoms with van der Waals surface area (Å²) in [5.41, 5.74) is 8.24. The number of hydrogen-bond acceptors (Lipinski definition) is 2. The lowest BCUT2D eigenvalue weighted by Gasteiger charge is -2.10. The van der Waals surface area contributed by atoms with Crippen molar-refractivity contribution in [1.82, 2.24) is 4.98 Å². The van der Waals surface area contributed by atoms with Crippen molar-refractivity contribution in [3.63, 3.8) is 0 Å². The Kier molecular flexibility index (Phi) is 3.65. The maximum atomic E-state index is 6.16. The predicted octanol–water partition coefficient (Wildman–Crippen LogP) is 3.46. The first-order chi connectivity index (χ1) is 7.83. The molecule has 0 amide bonds. The first-order valence-electron chi connectivity index (χ1n) is 5.94. The molecule has 2 aromatic rings. The summed E-state index contributed by atoms with van der Waals surface area (Å²) in [5, 5.41) is 1.19. The van der Waals surface area contributed by atoms with E-state index in [0.717, 1.165) is 23.5 Å². The Balaban J connectivity index is 0.00000108. The zero-order valence-electron chi connectivity index (χ0n) is 9.67. The highest BCUT2D eigenvalue weighted by molar-refractivity contribution is 5.85. The molecular formula is C14H17ClN2. The van der Waals surface area contributed by atoms with Gasteiger partial charge in [0.15, 0.2) is 0 Å². The van der Waals surface area contributed by atoms with E-state index < -0.39 is 0 Å². The molecule has 1 saturated carbocycles. The fourth-order valence-corrected chi connectivity index (χ4v) is 2.12. The van der Waals surface area contributed by atoms with Gasteiger partial charge in [-0.15, -0.1) is 12.4 Å². The molecule has 0 saturated heterocycles. The highest BCUT2D eigenvalue weighted by Crippen LogP contribution is 2.36. The molecule has 1 aromatic carbocycles. The number of hydrogen-bond donors (Lipinski definition) is 1. The maximum Gasteiger partial charge on any atom is 0.0706 e. The molecule has 1 aliphatic rings. The van der Waals surface area contributed by atoms with Gasteiger partial charge in [0.1, 0.15) is 0 Å². The minimum atomic E-state index is 0. The van der Waals surface area contributed by atoms with Crippen molar-refractivity contribution < 1.29 is 0 Å². The Labute approximate surface area is 108 Å². The van der Waals surface area contributed by atoms with Crippen LogP contribution in [0.1, 0.15) is 31.0 Å². The number of rotatable bonds is 3. The predicted molar refractivity (Wildman–Crippen MR) is 73.3 cm³/mol. The van der Waals surface area contributed by atoms with Gasteiger partial charge in [-0.3, -0.25) is 4.98 Å². The smallest absolute Gasteiger partial charge is 0.0706 e. The lowest BCUT2D eigenvalue weighted by Crippen LogP contribution is -2.12. The molecule has 90 valence electrons. The average molecular weight is 249 g/mol. The Hall–Kier alpha value is -1.12. The van der Waals surface area contributed by atoms with Crippen molar-refractivity contribution in [3.8, 4) is 0 Å². The van der Waals surface area contributed by atoms with E-state index in [4.69, 9.17) is 5.73 Å². The van der Waals surface area contributed by atoms with Gasteiger partial charge < -0.3 is 5.73 Å². The normalized spacial score (nSPS) is 16.5. The summed E-state index contributed by atoms with van der Waals surface area (Å²) in [6.45, 7) is 0. The van der Waals surface area contributed by atoms with E-state index >= 15 is 0 Å². The van der Waals surface area contributed by atoms with Crippen LogP contribution in [0.15, 0.2) is 36.4 Å². The second-order valence-electron chi connectivity index (χ2n) is 4.71. The van der Waals surface area contributed by atoms with Crippen molar-refractivity contribution >= 4 is 23.3 Å². The Bertz CT molecular complexity index is 508. The van der Waals surface area contributed by atoms with Gasteiger partial charge in [-0.05, 0) is 24.5 Å². The zero-order chi connectivity index (χ0) is 11.0. The van der Waals surface area contributed by atoms with Crippen molar-refractivity contribution in [2.75, 3.05) is 0 Å². The lowest BCUT2D eigenvalue weighted by molar-refractivity contribution is 0.585. The van der Waals surface area contributed by atoms with Gasteiger partial charge in [0, 0.05) is 11.4 Å². The summed E-state index contributed by atoms with van der Waals surface area (Å²) in [7, 11) is 0. The third-order valence-corrected chi connectivity index (χ3v) is 3.28. The van der Waals surface area contributed by atoms with E-state index in [-0.39, 0.29) is 18.4 Å². The van der Waals surface area contributed by atoms with Crippen LogP contribution < -0.4 is 5.73 Å². The van der Waals surface area contributed by atoms with Gasteiger partial charge in [0.2, 0.25) is 0 Å². The lowest BCUT2D eigenvalue weighted by atomic mass is 10.1. The quantitative estimate of drug-likeness (QED) is 0.904. The van der Waals surface area contributed by atoms with E-state index in [1.54, 1.807) is 0 Å². The third kappa shape index (κ3) is 2.76. The standard InChI is InChI=1S/C14H16N2.ClH/c15-12(9-10-5-6-10)14-8-7-11-3-1-2-4-13(11)16-14;/h1-4,7-8,10,12H,5-6,9,15H2;1H/t12-;/m1./s1. The first kappa shape index (κ1) is 12.3. The molecule has 1 aromatic heterocycles. The van der Waals surface area contributed by atoms with E-state index in [9.17, 15) is 0 Å². The molecule has 2 N–H and O–H groups in total. The van der Waals surface area contributed by atoms with Gasteiger partial charge >= 0.3 is 0 Å². The maximum absolute atomic E-state index is 6.16. The van der Waals surface area contributed by atoms with Gasteiger partial charge in [-0.25, -0.2) is 0 Å². The van der Waals surface area contributed by atoms with E-state index in [1.807, 2.05) is 18.2 Å². The highest BCUT2D eigenvalue weighted by Gasteiger charge is 2.24. The number of para-hydroxylation sites is 1. The van der Waals surface area contributed by atoms with Crippen LogP contribution in [0, 0.1) is 5.92 Å².